The lowest BCUT2D eigenvalue weighted by atomic mass is 10.1. The van der Waals surface area contributed by atoms with Crippen molar-refractivity contribution in [2.24, 2.45) is 0 Å². The fraction of sp³-hybridized carbons (Fsp3) is 0.300. The smallest absolute Gasteiger partial charge is 0.111 e. The molecule has 3 nitrogen and oxygen atoms in total. The Bertz CT molecular complexity index is 423. The van der Waals surface area contributed by atoms with Crippen LogP contribution in [0.1, 0.15) is 25.5 Å². The van der Waals surface area contributed by atoms with Crippen LogP contribution in [0.2, 0.25) is 0 Å². The highest BCUT2D eigenvalue weighted by molar-refractivity contribution is 5.73. The van der Waals surface area contributed by atoms with Crippen LogP contribution in [0.4, 0.5) is 0 Å². The Morgan fingerprint density at radius 3 is 2.77 bits per heavy atom. The van der Waals surface area contributed by atoms with E-state index in [-0.39, 0.29) is 0 Å². The monoisotopic (exact) mass is 173 g/mol. The van der Waals surface area contributed by atoms with E-state index in [4.69, 9.17) is 0 Å². The van der Waals surface area contributed by atoms with Crippen molar-refractivity contribution in [1.29, 1.82) is 0 Å². The van der Waals surface area contributed by atoms with Crippen LogP contribution < -0.4 is 0 Å². The maximum absolute atomic E-state index is 4.22. The highest BCUT2D eigenvalue weighted by atomic mass is 15.1. The van der Waals surface area contributed by atoms with E-state index < -0.39 is 0 Å². The molecule has 0 aliphatic rings. The molecule has 66 valence electrons. The van der Waals surface area contributed by atoms with Crippen molar-refractivity contribution in [3.8, 4) is 0 Å². The maximum Gasteiger partial charge on any atom is 0.111 e. The molecule has 0 radical (unpaired) electrons. The van der Waals surface area contributed by atoms with Gasteiger partial charge in [0.05, 0.1) is 11.2 Å². The molecule has 13 heavy (non-hydrogen) atoms. The van der Waals surface area contributed by atoms with E-state index >= 15 is 0 Å². The summed E-state index contributed by atoms with van der Waals surface area (Å²) in [5, 5.41) is 8.21. The summed E-state index contributed by atoms with van der Waals surface area (Å²) in [4.78, 5) is 4.22. The van der Waals surface area contributed by atoms with Crippen molar-refractivity contribution in [1.82, 2.24) is 15.2 Å². The number of fused-ring (bicyclic) bond motifs is 1. The second-order valence-electron chi connectivity index (χ2n) is 3.33. The molecule has 0 fully saturated rings. The zero-order valence-corrected chi connectivity index (χ0v) is 7.73. The van der Waals surface area contributed by atoms with Crippen LogP contribution in [0.15, 0.2) is 24.4 Å². The van der Waals surface area contributed by atoms with Gasteiger partial charge in [0.15, 0.2) is 0 Å². The van der Waals surface area contributed by atoms with Crippen molar-refractivity contribution in [3.05, 3.63) is 30.1 Å². The van der Waals surface area contributed by atoms with Gasteiger partial charge in [0, 0.05) is 6.20 Å². The number of nitrogens with zero attached hydrogens (tertiary/aromatic N) is 3. The van der Waals surface area contributed by atoms with Crippen molar-refractivity contribution in [2.45, 2.75) is 19.8 Å². The van der Waals surface area contributed by atoms with Gasteiger partial charge < -0.3 is 0 Å². The summed E-state index contributed by atoms with van der Waals surface area (Å²) >= 11 is 0. The number of pyridine rings is 1. The molecular formula is C10H11N3. The summed E-state index contributed by atoms with van der Waals surface area (Å²) < 4.78 is 0. The first kappa shape index (κ1) is 8.10. The molecule has 3 heteroatoms. The van der Waals surface area contributed by atoms with Crippen LogP contribution in [0, 0.1) is 0 Å². The van der Waals surface area contributed by atoms with E-state index in [1.165, 1.54) is 0 Å². The topological polar surface area (TPSA) is 38.7 Å². The summed E-state index contributed by atoms with van der Waals surface area (Å²) in [7, 11) is 0. The van der Waals surface area contributed by atoms with Crippen molar-refractivity contribution < 1.29 is 0 Å². The highest BCUT2D eigenvalue weighted by Crippen LogP contribution is 2.14. The van der Waals surface area contributed by atoms with Gasteiger partial charge >= 0.3 is 0 Å². The van der Waals surface area contributed by atoms with Gasteiger partial charge in [-0.25, -0.2) is 0 Å². The summed E-state index contributed by atoms with van der Waals surface area (Å²) in [6.07, 6.45) is 1.77. The summed E-state index contributed by atoms with van der Waals surface area (Å²) in [6.45, 7) is 4.19. The molecule has 0 aliphatic carbocycles. The minimum atomic E-state index is 0.402. The molecule has 2 heterocycles. The van der Waals surface area contributed by atoms with Gasteiger partial charge in [-0.15, -0.1) is 5.10 Å². The molecule has 2 rings (SSSR count). The third kappa shape index (κ3) is 1.49. The normalized spacial score (nSPS) is 11.0. The second kappa shape index (κ2) is 3.09. The van der Waals surface area contributed by atoms with Crippen LogP contribution in [0.5, 0.6) is 0 Å². The molecule has 0 atom stereocenters. The zero-order chi connectivity index (χ0) is 9.26. The first-order chi connectivity index (χ1) is 6.27. The molecule has 0 aliphatic heterocycles. The molecule has 0 bridgehead atoms. The number of hydrogen-bond donors (Lipinski definition) is 0. The molecule has 2 aromatic rings. The highest BCUT2D eigenvalue weighted by Gasteiger charge is 2.03. The van der Waals surface area contributed by atoms with Gasteiger partial charge in [0.1, 0.15) is 5.52 Å². The van der Waals surface area contributed by atoms with Gasteiger partial charge in [-0.1, -0.05) is 13.8 Å². The quantitative estimate of drug-likeness (QED) is 0.663. The van der Waals surface area contributed by atoms with Crippen molar-refractivity contribution in [3.63, 3.8) is 0 Å². The van der Waals surface area contributed by atoms with E-state index in [0.717, 1.165) is 16.7 Å². The number of aromatic nitrogens is 3. The van der Waals surface area contributed by atoms with Gasteiger partial charge in [0.2, 0.25) is 0 Å². The summed E-state index contributed by atoms with van der Waals surface area (Å²) in [5.74, 6) is 0.402. The summed E-state index contributed by atoms with van der Waals surface area (Å²) in [5.41, 5.74) is 2.76. The Kier molecular flexibility index (Phi) is 1.93. The molecule has 2 aromatic heterocycles. The molecular weight excluding hydrogens is 162 g/mol. The molecule has 0 saturated carbocycles. The van der Waals surface area contributed by atoms with E-state index in [2.05, 4.69) is 29.0 Å². The lowest BCUT2D eigenvalue weighted by Crippen LogP contribution is -1.96. The van der Waals surface area contributed by atoms with Crippen LogP contribution in [-0.2, 0) is 0 Å². The first-order valence-corrected chi connectivity index (χ1v) is 4.36. The third-order valence-corrected chi connectivity index (χ3v) is 1.97. The molecule has 0 unspecified atom stereocenters. The predicted octanol–water partition coefficient (Wildman–Crippen LogP) is 2.15. The van der Waals surface area contributed by atoms with Crippen LogP contribution in [0.3, 0.4) is 0 Å². The fourth-order valence-corrected chi connectivity index (χ4v) is 1.17. The zero-order valence-electron chi connectivity index (χ0n) is 7.73. The van der Waals surface area contributed by atoms with E-state index in [9.17, 15) is 0 Å². The average molecular weight is 173 g/mol. The number of rotatable bonds is 1. The second-order valence-corrected chi connectivity index (χ2v) is 3.33. The molecule has 0 saturated heterocycles. The summed E-state index contributed by atoms with van der Waals surface area (Å²) in [6, 6.07) is 5.78. The van der Waals surface area contributed by atoms with Crippen LogP contribution in [0.25, 0.3) is 11.0 Å². The van der Waals surface area contributed by atoms with E-state index in [0.29, 0.717) is 5.92 Å². The van der Waals surface area contributed by atoms with Crippen LogP contribution >= 0.6 is 0 Å². The SMILES string of the molecule is CC(C)c1cc2ncccc2nn1. The Balaban J connectivity index is 2.62. The minimum Gasteiger partial charge on any atom is -0.254 e. The van der Waals surface area contributed by atoms with Gasteiger partial charge in [-0.2, -0.15) is 5.10 Å². The maximum atomic E-state index is 4.22. The standard InChI is InChI=1S/C10H11N3/c1-7(2)9-6-10-8(12-13-9)4-3-5-11-10/h3-7H,1-2H3. The van der Waals surface area contributed by atoms with Crippen LogP contribution in [-0.4, -0.2) is 15.2 Å². The Morgan fingerprint density at radius 1 is 1.15 bits per heavy atom. The van der Waals surface area contributed by atoms with Gasteiger partial charge in [-0.05, 0) is 24.1 Å². The minimum absolute atomic E-state index is 0.402. The van der Waals surface area contributed by atoms with Crippen molar-refractivity contribution in [2.75, 3.05) is 0 Å². The Labute approximate surface area is 76.8 Å². The first-order valence-electron chi connectivity index (χ1n) is 4.36. The average Bonchev–Trinajstić information content (AvgIpc) is 2.17. The predicted molar refractivity (Wildman–Crippen MR) is 51.4 cm³/mol. The Hall–Kier alpha value is -1.51. The molecule has 0 N–H and O–H groups in total. The lowest BCUT2D eigenvalue weighted by molar-refractivity contribution is 0.793. The fourth-order valence-electron chi connectivity index (χ4n) is 1.17. The van der Waals surface area contributed by atoms with Crippen molar-refractivity contribution >= 4 is 11.0 Å². The third-order valence-electron chi connectivity index (χ3n) is 1.97. The Morgan fingerprint density at radius 2 is 2.00 bits per heavy atom. The molecule has 0 spiro atoms. The van der Waals surface area contributed by atoms with E-state index in [1.807, 2.05) is 18.2 Å². The van der Waals surface area contributed by atoms with Gasteiger partial charge in [-0.3, -0.25) is 4.98 Å². The van der Waals surface area contributed by atoms with Gasteiger partial charge in [0.25, 0.3) is 0 Å². The largest absolute Gasteiger partial charge is 0.254 e. The number of hydrogen-bond acceptors (Lipinski definition) is 3. The molecule has 0 aromatic carbocycles. The lowest BCUT2D eigenvalue weighted by Gasteiger charge is -2.02. The van der Waals surface area contributed by atoms with E-state index in [1.54, 1.807) is 6.20 Å². The molecule has 0 amide bonds.